The number of ether oxygens (including phenoxy) is 1. The van der Waals surface area contributed by atoms with Gasteiger partial charge in [0, 0.05) is 38.6 Å². The SMILES string of the molecule is COC(=O)CNC(=O)c1ccc2c(n1)N(C(=O)Nc1ccccn1)[C@H]1CCN2C1.O=C(O)CNC(=O)c1ccc2c(n1)N(C(=O)Nc1ccccn1)[C@H]1CCN2C1. The third kappa shape index (κ3) is 8.33. The van der Waals surface area contributed by atoms with E-state index in [1.807, 2.05) is 0 Å². The summed E-state index contributed by atoms with van der Waals surface area (Å²) >= 11 is 0. The molecule has 294 valence electrons. The fourth-order valence-electron chi connectivity index (χ4n) is 6.97. The van der Waals surface area contributed by atoms with Crippen molar-refractivity contribution in [2.75, 3.05) is 76.6 Å². The van der Waals surface area contributed by atoms with Crippen LogP contribution in [0.25, 0.3) is 0 Å². The second-order valence-electron chi connectivity index (χ2n) is 13.2. The highest BCUT2D eigenvalue weighted by molar-refractivity contribution is 6.06. The van der Waals surface area contributed by atoms with Gasteiger partial charge < -0.3 is 30.3 Å². The van der Waals surface area contributed by atoms with Crippen LogP contribution in [0, 0.1) is 0 Å². The van der Waals surface area contributed by atoms with Crippen molar-refractivity contribution in [2.45, 2.75) is 24.9 Å². The number of hydrogen-bond acceptors (Lipinski definition) is 13. The molecule has 20 heteroatoms. The molecule has 0 aliphatic carbocycles. The van der Waals surface area contributed by atoms with Crippen LogP contribution < -0.4 is 40.9 Å². The summed E-state index contributed by atoms with van der Waals surface area (Å²) in [5.41, 5.74) is 1.73. The zero-order chi connectivity index (χ0) is 40.1. The van der Waals surface area contributed by atoms with E-state index in [0.717, 1.165) is 37.3 Å². The summed E-state index contributed by atoms with van der Waals surface area (Å²) in [6.07, 6.45) is 4.77. The maximum absolute atomic E-state index is 13.0. The minimum absolute atomic E-state index is 0.0490. The van der Waals surface area contributed by atoms with Gasteiger partial charge in [-0.3, -0.25) is 39.6 Å². The zero-order valence-electron chi connectivity index (χ0n) is 30.6. The molecular formula is C37H38N12O8. The van der Waals surface area contributed by atoms with Gasteiger partial charge in [0.2, 0.25) is 0 Å². The molecule has 4 aliphatic heterocycles. The van der Waals surface area contributed by atoms with Crippen molar-refractivity contribution >= 4 is 70.5 Å². The predicted molar refractivity (Wildman–Crippen MR) is 205 cm³/mol. The van der Waals surface area contributed by atoms with Crippen LogP contribution >= 0.6 is 0 Å². The number of aromatic nitrogens is 4. The number of urea groups is 2. The zero-order valence-corrected chi connectivity index (χ0v) is 30.6. The van der Waals surface area contributed by atoms with E-state index in [2.05, 4.69) is 55.7 Å². The van der Waals surface area contributed by atoms with Crippen LogP contribution in [0.3, 0.4) is 0 Å². The molecule has 0 unspecified atom stereocenters. The number of nitrogens with zero attached hydrogens (tertiary/aromatic N) is 8. The lowest BCUT2D eigenvalue weighted by molar-refractivity contribution is -0.139. The van der Waals surface area contributed by atoms with Gasteiger partial charge in [-0.2, -0.15) is 0 Å². The van der Waals surface area contributed by atoms with E-state index in [-0.39, 0.29) is 42.1 Å². The van der Waals surface area contributed by atoms with E-state index in [9.17, 15) is 28.8 Å². The number of anilines is 6. The van der Waals surface area contributed by atoms with Gasteiger partial charge in [-0.15, -0.1) is 0 Å². The van der Waals surface area contributed by atoms with Crippen LogP contribution in [0.4, 0.5) is 44.2 Å². The number of fused-ring (bicyclic) bond motifs is 8. The standard InChI is InChI=1S/C19H20N6O4.C18H18N6O4/c1-29-16(26)10-21-18(27)13-5-6-14-17(22-13)25(12-7-9-24(14)11-12)19(28)23-15-4-2-3-8-20-15;25-15(26)9-20-17(27)12-4-5-13-16(21-12)24(11-6-8-23(13)10-11)18(28)22-14-3-1-2-7-19-14/h2-6,8,12H,7,9-11H2,1H3,(H,21,27)(H,20,23,28);1-5,7,11H,6,8-10H2,(H,20,27)(H,25,26)(H,19,22,28)/t12-;11-/m00/s1. The normalized spacial score (nSPS) is 16.9. The van der Waals surface area contributed by atoms with Gasteiger partial charge in [-0.25, -0.2) is 29.5 Å². The third-order valence-electron chi connectivity index (χ3n) is 9.63. The number of methoxy groups -OCH3 is 1. The Labute approximate surface area is 325 Å². The van der Waals surface area contributed by atoms with Crippen molar-refractivity contribution in [2.24, 2.45) is 0 Å². The van der Waals surface area contributed by atoms with Crippen LogP contribution in [0.2, 0.25) is 0 Å². The highest BCUT2D eigenvalue weighted by atomic mass is 16.5. The van der Waals surface area contributed by atoms with E-state index in [0.29, 0.717) is 36.4 Å². The number of nitrogens with one attached hydrogen (secondary N) is 4. The third-order valence-corrected chi connectivity index (χ3v) is 9.63. The van der Waals surface area contributed by atoms with E-state index in [1.54, 1.807) is 76.8 Å². The summed E-state index contributed by atoms with van der Waals surface area (Å²) in [5, 5.41) is 19.0. The molecule has 6 amide bonds. The van der Waals surface area contributed by atoms with Crippen LogP contribution in [-0.4, -0.2) is 119 Å². The fourth-order valence-corrected chi connectivity index (χ4v) is 6.97. The average Bonchev–Trinajstić information content (AvgIpc) is 3.84. The lowest BCUT2D eigenvalue weighted by Gasteiger charge is -2.35. The van der Waals surface area contributed by atoms with Crippen molar-refractivity contribution in [1.29, 1.82) is 0 Å². The molecule has 5 N–H and O–H groups in total. The van der Waals surface area contributed by atoms with Crippen molar-refractivity contribution in [1.82, 2.24) is 30.6 Å². The minimum atomic E-state index is -1.15. The van der Waals surface area contributed by atoms with Gasteiger partial charge in [0.05, 0.1) is 30.6 Å². The van der Waals surface area contributed by atoms with Crippen LogP contribution in [-0.2, 0) is 14.3 Å². The Balaban J connectivity index is 0.000000174. The molecule has 0 aromatic carbocycles. The summed E-state index contributed by atoms with van der Waals surface area (Å²) in [6.45, 7) is 2.23. The number of esters is 1. The number of carbonyl (C=O) groups excluding carboxylic acids is 5. The number of carbonyl (C=O) groups is 6. The van der Waals surface area contributed by atoms with Gasteiger partial charge in [0.15, 0.2) is 11.6 Å². The molecule has 0 radical (unpaired) electrons. The Hall–Kier alpha value is -7.38. The van der Waals surface area contributed by atoms with E-state index >= 15 is 0 Å². The van der Waals surface area contributed by atoms with E-state index in [1.165, 1.54) is 13.2 Å². The molecule has 4 aliphatic rings. The Morgan fingerprint density at radius 1 is 0.684 bits per heavy atom. The van der Waals surface area contributed by atoms with Gasteiger partial charge in [-0.1, -0.05) is 12.1 Å². The largest absolute Gasteiger partial charge is 0.480 e. The number of hydrogen-bond donors (Lipinski definition) is 5. The summed E-state index contributed by atoms with van der Waals surface area (Å²) < 4.78 is 4.52. The molecular weight excluding hydrogens is 740 g/mol. The Morgan fingerprint density at radius 2 is 1.16 bits per heavy atom. The average molecular weight is 779 g/mol. The van der Waals surface area contributed by atoms with E-state index < -0.39 is 30.3 Å². The van der Waals surface area contributed by atoms with Crippen molar-refractivity contribution in [3.8, 4) is 0 Å². The number of pyridine rings is 4. The first-order chi connectivity index (χ1) is 27.6. The van der Waals surface area contributed by atoms with Crippen LogP contribution in [0.15, 0.2) is 73.1 Å². The molecule has 2 fully saturated rings. The first-order valence-electron chi connectivity index (χ1n) is 18.0. The molecule has 2 saturated heterocycles. The molecule has 2 atom stereocenters. The monoisotopic (exact) mass is 778 g/mol. The molecule has 8 heterocycles. The number of amides is 6. The highest BCUT2D eigenvalue weighted by Gasteiger charge is 2.42. The molecule has 4 aromatic heterocycles. The Kier molecular flexibility index (Phi) is 11.0. The first kappa shape index (κ1) is 37.9. The molecule has 0 spiro atoms. The second kappa shape index (κ2) is 16.6. The summed E-state index contributed by atoms with van der Waals surface area (Å²) in [4.78, 5) is 96.9. The van der Waals surface area contributed by atoms with Crippen LogP contribution in [0.1, 0.15) is 33.8 Å². The molecule has 4 bridgehead atoms. The lowest BCUT2D eigenvalue weighted by Crippen LogP contribution is -2.48. The maximum Gasteiger partial charge on any atom is 0.329 e. The molecule has 4 aromatic rings. The number of aliphatic carboxylic acids is 1. The van der Waals surface area contributed by atoms with Gasteiger partial charge in [-0.05, 0) is 61.4 Å². The number of carboxylic acids is 1. The number of carboxylic acid groups (broad SMARTS) is 1. The fraction of sp³-hybridized carbons (Fsp3) is 0.297. The smallest absolute Gasteiger partial charge is 0.329 e. The quantitative estimate of drug-likeness (QED) is 0.161. The van der Waals surface area contributed by atoms with Gasteiger partial charge in [0.1, 0.15) is 36.1 Å². The summed E-state index contributed by atoms with van der Waals surface area (Å²) in [7, 11) is 1.24. The van der Waals surface area contributed by atoms with Gasteiger partial charge >= 0.3 is 24.0 Å². The van der Waals surface area contributed by atoms with Crippen molar-refractivity contribution < 1.29 is 38.6 Å². The Morgan fingerprint density at radius 3 is 1.58 bits per heavy atom. The highest BCUT2D eigenvalue weighted by Crippen LogP contribution is 2.40. The molecule has 0 saturated carbocycles. The number of rotatable bonds is 8. The predicted octanol–water partition coefficient (Wildman–Crippen LogP) is 1.93. The van der Waals surface area contributed by atoms with Crippen LogP contribution in [0.5, 0.6) is 0 Å². The minimum Gasteiger partial charge on any atom is -0.480 e. The maximum atomic E-state index is 13.0. The molecule has 8 rings (SSSR count). The summed E-state index contributed by atoms with van der Waals surface area (Å²) in [6, 6.07) is 16.2. The van der Waals surface area contributed by atoms with Crippen molar-refractivity contribution in [3.05, 3.63) is 84.4 Å². The summed E-state index contributed by atoms with van der Waals surface area (Å²) in [5.74, 6) is -1.18. The Bertz CT molecular complexity index is 2190. The second-order valence-corrected chi connectivity index (χ2v) is 13.2. The van der Waals surface area contributed by atoms with Crippen molar-refractivity contribution in [3.63, 3.8) is 0 Å². The lowest BCUT2D eigenvalue weighted by atomic mass is 10.1. The van der Waals surface area contributed by atoms with E-state index in [4.69, 9.17) is 5.11 Å². The topological polar surface area (TPSA) is 245 Å². The first-order valence-corrected chi connectivity index (χ1v) is 18.0. The van der Waals surface area contributed by atoms with Gasteiger partial charge in [0.25, 0.3) is 11.8 Å². The molecule has 57 heavy (non-hydrogen) atoms. The molecule has 20 nitrogen and oxygen atoms in total.